The number of halogens is 4. The van der Waals surface area contributed by atoms with E-state index in [1.807, 2.05) is 0 Å². The molecule has 0 aliphatic heterocycles. The molecule has 0 aromatic heterocycles. The summed E-state index contributed by atoms with van der Waals surface area (Å²) >= 11 is 5.75. The summed E-state index contributed by atoms with van der Waals surface area (Å²) in [5.74, 6) is 0. The predicted octanol–water partition coefficient (Wildman–Crippen LogP) is 3.69. The van der Waals surface area contributed by atoms with Crippen LogP contribution in [0.3, 0.4) is 0 Å². The van der Waals surface area contributed by atoms with Gasteiger partial charge in [0, 0.05) is 12.1 Å². The molecule has 1 aliphatic carbocycles. The van der Waals surface area contributed by atoms with Crippen LogP contribution in [0.1, 0.15) is 17.5 Å². The van der Waals surface area contributed by atoms with Gasteiger partial charge >= 0.3 is 6.18 Å². The number of hydrogen-bond donors (Lipinski definition) is 0. The summed E-state index contributed by atoms with van der Waals surface area (Å²) in [5.41, 5.74) is -1.36. The van der Waals surface area contributed by atoms with Crippen LogP contribution >= 0.6 is 11.6 Å². The summed E-state index contributed by atoms with van der Waals surface area (Å²) in [5, 5.41) is 0.452. The van der Waals surface area contributed by atoms with Crippen LogP contribution in [0.4, 0.5) is 13.2 Å². The van der Waals surface area contributed by atoms with Crippen LogP contribution in [0.5, 0.6) is 0 Å². The molecule has 0 radical (unpaired) electrons. The highest BCUT2D eigenvalue weighted by Crippen LogP contribution is 2.50. The predicted molar refractivity (Wildman–Crippen MR) is 54.5 cm³/mol. The first-order valence-electron chi connectivity index (χ1n) is 4.81. The fraction of sp³-hybridized carbons (Fsp3) is 0.455. The maximum Gasteiger partial charge on any atom is 0.421 e. The first-order chi connectivity index (χ1) is 7.40. The molecule has 0 N–H and O–H groups in total. The van der Waals surface area contributed by atoms with E-state index < -0.39 is 11.8 Å². The third-order valence-electron chi connectivity index (χ3n) is 3.06. The Bertz CT molecular complexity index is 416. The summed E-state index contributed by atoms with van der Waals surface area (Å²) in [7, 11) is 1.09. The van der Waals surface area contributed by atoms with E-state index in [2.05, 4.69) is 0 Å². The van der Waals surface area contributed by atoms with Crippen molar-refractivity contribution in [3.05, 3.63) is 34.3 Å². The Balaban J connectivity index is 2.56. The van der Waals surface area contributed by atoms with Crippen LogP contribution in [0.15, 0.2) is 18.2 Å². The van der Waals surface area contributed by atoms with Crippen molar-refractivity contribution < 1.29 is 17.9 Å². The van der Waals surface area contributed by atoms with Gasteiger partial charge in [0.1, 0.15) is 0 Å². The standard InChI is InChI=1S/C11H10ClF3O/c1-16-10(11(13,14)15)5-4-7-6-8(12)2-3-9(7)10/h2-3,6H,4-5H2,1H3. The molecule has 0 heterocycles. The average molecular weight is 251 g/mol. The molecule has 0 saturated heterocycles. The molecule has 0 bridgehead atoms. The third kappa shape index (κ3) is 1.52. The second-order valence-corrected chi connectivity index (χ2v) is 4.27. The minimum absolute atomic E-state index is 0.0807. The fourth-order valence-electron chi connectivity index (χ4n) is 2.23. The summed E-state index contributed by atoms with van der Waals surface area (Å²) in [6.45, 7) is 0. The molecule has 16 heavy (non-hydrogen) atoms. The quantitative estimate of drug-likeness (QED) is 0.739. The number of rotatable bonds is 1. The lowest BCUT2D eigenvalue weighted by Gasteiger charge is -2.31. The monoisotopic (exact) mass is 250 g/mol. The van der Waals surface area contributed by atoms with E-state index in [4.69, 9.17) is 16.3 Å². The maximum atomic E-state index is 13.0. The summed E-state index contributed by atoms with van der Waals surface area (Å²) in [4.78, 5) is 0. The number of benzene rings is 1. The van der Waals surface area contributed by atoms with E-state index in [1.165, 1.54) is 12.1 Å². The maximum absolute atomic E-state index is 13.0. The molecule has 1 unspecified atom stereocenters. The smallest absolute Gasteiger partial charge is 0.364 e. The van der Waals surface area contributed by atoms with Crippen molar-refractivity contribution >= 4 is 11.6 Å². The van der Waals surface area contributed by atoms with Crippen LogP contribution in [0.25, 0.3) is 0 Å². The van der Waals surface area contributed by atoms with Gasteiger partial charge in [0.2, 0.25) is 0 Å². The first-order valence-corrected chi connectivity index (χ1v) is 5.19. The van der Waals surface area contributed by atoms with Gasteiger partial charge in [0.15, 0.2) is 5.60 Å². The summed E-state index contributed by atoms with van der Waals surface area (Å²) in [6, 6.07) is 4.44. The zero-order valence-corrected chi connectivity index (χ0v) is 9.32. The van der Waals surface area contributed by atoms with E-state index in [0.29, 0.717) is 17.0 Å². The van der Waals surface area contributed by atoms with Crippen LogP contribution in [0.2, 0.25) is 5.02 Å². The lowest BCUT2D eigenvalue weighted by Crippen LogP contribution is -2.42. The largest absolute Gasteiger partial charge is 0.421 e. The number of alkyl halides is 3. The lowest BCUT2D eigenvalue weighted by molar-refractivity contribution is -0.275. The van der Waals surface area contributed by atoms with Crippen molar-refractivity contribution in [2.75, 3.05) is 7.11 Å². The van der Waals surface area contributed by atoms with Crippen molar-refractivity contribution in [3.8, 4) is 0 Å². The fourth-order valence-corrected chi connectivity index (χ4v) is 2.43. The zero-order valence-electron chi connectivity index (χ0n) is 8.57. The van der Waals surface area contributed by atoms with Crippen LogP contribution in [0, 0.1) is 0 Å². The van der Waals surface area contributed by atoms with Gasteiger partial charge in [-0.25, -0.2) is 0 Å². The Morgan fingerprint density at radius 3 is 2.62 bits per heavy atom. The molecular weight excluding hydrogens is 241 g/mol. The van der Waals surface area contributed by atoms with Gasteiger partial charge in [0.05, 0.1) is 0 Å². The van der Waals surface area contributed by atoms with Crippen LogP contribution in [-0.2, 0) is 16.8 Å². The number of fused-ring (bicyclic) bond motifs is 1. The van der Waals surface area contributed by atoms with Crippen molar-refractivity contribution in [2.24, 2.45) is 0 Å². The van der Waals surface area contributed by atoms with Crippen LogP contribution in [-0.4, -0.2) is 13.3 Å². The van der Waals surface area contributed by atoms with Gasteiger partial charge in [-0.3, -0.25) is 0 Å². The first kappa shape index (κ1) is 11.7. The Morgan fingerprint density at radius 2 is 2.06 bits per heavy atom. The van der Waals surface area contributed by atoms with Crippen molar-refractivity contribution in [2.45, 2.75) is 24.6 Å². The van der Waals surface area contributed by atoms with Gasteiger partial charge in [-0.05, 0) is 36.1 Å². The normalized spacial score (nSPS) is 24.6. The average Bonchev–Trinajstić information content (AvgIpc) is 2.55. The minimum Gasteiger partial charge on any atom is -0.364 e. The molecule has 88 valence electrons. The second-order valence-electron chi connectivity index (χ2n) is 3.83. The molecule has 0 saturated carbocycles. The molecular formula is C11H10ClF3O. The van der Waals surface area contributed by atoms with Crippen molar-refractivity contribution in [3.63, 3.8) is 0 Å². The van der Waals surface area contributed by atoms with Gasteiger partial charge in [-0.15, -0.1) is 0 Å². The molecule has 0 fully saturated rings. The highest BCUT2D eigenvalue weighted by atomic mass is 35.5. The molecule has 0 spiro atoms. The Hall–Kier alpha value is -0.740. The topological polar surface area (TPSA) is 9.23 Å². The molecule has 5 heteroatoms. The Kier molecular flexibility index (Phi) is 2.67. The zero-order chi connectivity index (χ0) is 12.0. The Morgan fingerprint density at radius 1 is 1.38 bits per heavy atom. The molecule has 1 aromatic rings. The number of ether oxygens (including phenoxy) is 1. The number of aryl methyl sites for hydroxylation is 1. The summed E-state index contributed by atoms with van der Waals surface area (Å²) in [6.07, 6.45) is -4.15. The third-order valence-corrected chi connectivity index (χ3v) is 3.29. The van der Waals surface area contributed by atoms with E-state index in [1.54, 1.807) is 6.07 Å². The highest BCUT2D eigenvalue weighted by molar-refractivity contribution is 6.30. The highest BCUT2D eigenvalue weighted by Gasteiger charge is 2.59. The van der Waals surface area contributed by atoms with Crippen LogP contribution < -0.4 is 0 Å². The SMILES string of the molecule is COC1(C(F)(F)F)CCc2cc(Cl)ccc21. The second kappa shape index (κ2) is 3.64. The molecule has 2 rings (SSSR count). The number of methoxy groups -OCH3 is 1. The molecule has 1 atom stereocenters. The van der Waals surface area contributed by atoms with Gasteiger partial charge in [-0.1, -0.05) is 17.7 Å². The molecule has 1 aromatic carbocycles. The Labute approximate surface area is 96.2 Å². The van der Waals surface area contributed by atoms with Crippen molar-refractivity contribution in [1.29, 1.82) is 0 Å². The molecule has 1 aliphatic rings. The molecule has 1 nitrogen and oxygen atoms in total. The number of hydrogen-bond acceptors (Lipinski definition) is 1. The van der Waals surface area contributed by atoms with Crippen molar-refractivity contribution in [1.82, 2.24) is 0 Å². The minimum atomic E-state index is -4.40. The van der Waals surface area contributed by atoms with Gasteiger partial charge < -0.3 is 4.74 Å². The summed E-state index contributed by atoms with van der Waals surface area (Å²) < 4.78 is 43.9. The lowest BCUT2D eigenvalue weighted by atomic mass is 9.95. The molecule has 0 amide bonds. The van der Waals surface area contributed by atoms with E-state index >= 15 is 0 Å². The van der Waals surface area contributed by atoms with E-state index in [-0.39, 0.29) is 12.0 Å². The van der Waals surface area contributed by atoms with E-state index in [9.17, 15) is 13.2 Å². The van der Waals surface area contributed by atoms with Gasteiger partial charge in [0.25, 0.3) is 0 Å². The van der Waals surface area contributed by atoms with Gasteiger partial charge in [-0.2, -0.15) is 13.2 Å². The van der Waals surface area contributed by atoms with E-state index in [0.717, 1.165) is 7.11 Å².